The highest BCUT2D eigenvalue weighted by Crippen LogP contribution is 2.29. The molecule has 0 saturated heterocycles. The summed E-state index contributed by atoms with van der Waals surface area (Å²) in [6.07, 6.45) is 6.59. The lowest BCUT2D eigenvalue weighted by Crippen LogP contribution is -2.34. The van der Waals surface area contributed by atoms with Gasteiger partial charge < -0.3 is 15.4 Å². The number of imidazole rings is 1. The van der Waals surface area contributed by atoms with E-state index in [-0.39, 0.29) is 12.0 Å². The van der Waals surface area contributed by atoms with Crippen LogP contribution in [0.1, 0.15) is 38.8 Å². The second kappa shape index (κ2) is 6.66. The average molecular weight is 225 g/mol. The molecular formula is C12H23N3O. The standard InChI is InChI=1S/C12H23N3O/c1-3-12(4-2,5-6-16)9-13-7-11-8-14-10-15-11/h8,10,13,16H,3-7,9H2,1-2H3,(H,14,15). The van der Waals surface area contributed by atoms with Crippen molar-refractivity contribution < 1.29 is 5.11 Å². The predicted octanol–water partition coefficient (Wildman–Crippen LogP) is 1.69. The number of aliphatic hydroxyl groups excluding tert-OH is 1. The minimum atomic E-state index is 0.231. The Kier molecular flexibility index (Phi) is 5.49. The molecule has 1 heterocycles. The summed E-state index contributed by atoms with van der Waals surface area (Å²) in [5.74, 6) is 0. The lowest BCUT2D eigenvalue weighted by atomic mass is 9.79. The van der Waals surface area contributed by atoms with Crippen LogP contribution in [-0.4, -0.2) is 28.2 Å². The Morgan fingerprint density at radius 2 is 2.19 bits per heavy atom. The fourth-order valence-corrected chi connectivity index (χ4v) is 2.02. The Bertz CT molecular complexity index is 268. The van der Waals surface area contributed by atoms with E-state index in [9.17, 15) is 0 Å². The van der Waals surface area contributed by atoms with E-state index >= 15 is 0 Å². The second-order valence-corrected chi connectivity index (χ2v) is 4.36. The van der Waals surface area contributed by atoms with Crippen molar-refractivity contribution in [2.45, 2.75) is 39.7 Å². The summed E-state index contributed by atoms with van der Waals surface area (Å²) in [6, 6.07) is 0. The molecule has 1 aromatic heterocycles. The van der Waals surface area contributed by atoms with Gasteiger partial charge in [-0.1, -0.05) is 13.8 Å². The highest BCUT2D eigenvalue weighted by atomic mass is 16.3. The Balaban J connectivity index is 2.37. The molecular weight excluding hydrogens is 202 g/mol. The first kappa shape index (κ1) is 13.2. The van der Waals surface area contributed by atoms with Crippen molar-refractivity contribution in [3.63, 3.8) is 0 Å². The molecule has 4 nitrogen and oxygen atoms in total. The van der Waals surface area contributed by atoms with E-state index in [2.05, 4.69) is 29.1 Å². The quantitative estimate of drug-likeness (QED) is 0.631. The van der Waals surface area contributed by atoms with Crippen LogP contribution in [0.2, 0.25) is 0 Å². The Morgan fingerprint density at radius 3 is 2.69 bits per heavy atom. The van der Waals surface area contributed by atoms with E-state index in [1.54, 1.807) is 6.33 Å². The molecule has 0 radical (unpaired) electrons. The van der Waals surface area contributed by atoms with E-state index in [1.165, 1.54) is 0 Å². The summed E-state index contributed by atoms with van der Waals surface area (Å²) in [6.45, 7) is 6.41. The highest BCUT2D eigenvalue weighted by molar-refractivity contribution is 4.93. The van der Waals surface area contributed by atoms with Crippen LogP contribution >= 0.6 is 0 Å². The Hall–Kier alpha value is -0.870. The van der Waals surface area contributed by atoms with Gasteiger partial charge in [0.2, 0.25) is 0 Å². The van der Waals surface area contributed by atoms with Gasteiger partial charge in [0, 0.05) is 31.6 Å². The Labute approximate surface area is 97.5 Å². The number of hydrogen-bond acceptors (Lipinski definition) is 3. The lowest BCUT2D eigenvalue weighted by molar-refractivity contribution is 0.163. The van der Waals surface area contributed by atoms with Gasteiger partial charge in [0.05, 0.1) is 6.33 Å². The summed E-state index contributed by atoms with van der Waals surface area (Å²) in [5, 5.41) is 12.5. The molecule has 4 heteroatoms. The molecule has 0 saturated carbocycles. The van der Waals surface area contributed by atoms with Gasteiger partial charge in [-0.3, -0.25) is 0 Å². The number of H-pyrrole nitrogens is 1. The largest absolute Gasteiger partial charge is 0.396 e. The first-order chi connectivity index (χ1) is 7.76. The zero-order chi connectivity index (χ0) is 11.9. The predicted molar refractivity (Wildman–Crippen MR) is 65.0 cm³/mol. The van der Waals surface area contributed by atoms with Crippen LogP contribution in [-0.2, 0) is 6.54 Å². The maximum absolute atomic E-state index is 9.10. The zero-order valence-corrected chi connectivity index (χ0v) is 10.3. The lowest BCUT2D eigenvalue weighted by Gasteiger charge is -2.31. The molecule has 16 heavy (non-hydrogen) atoms. The van der Waals surface area contributed by atoms with E-state index in [1.807, 2.05) is 6.20 Å². The van der Waals surface area contributed by atoms with Gasteiger partial charge in [0.15, 0.2) is 0 Å². The summed E-state index contributed by atoms with van der Waals surface area (Å²) < 4.78 is 0. The van der Waals surface area contributed by atoms with Crippen molar-refractivity contribution >= 4 is 0 Å². The first-order valence-corrected chi connectivity index (χ1v) is 6.05. The van der Waals surface area contributed by atoms with Gasteiger partial charge in [-0.05, 0) is 24.7 Å². The number of nitrogens with one attached hydrogen (secondary N) is 2. The number of aromatic amines is 1. The van der Waals surface area contributed by atoms with Crippen LogP contribution in [0.25, 0.3) is 0 Å². The van der Waals surface area contributed by atoms with Gasteiger partial charge in [-0.15, -0.1) is 0 Å². The van der Waals surface area contributed by atoms with E-state index in [0.29, 0.717) is 0 Å². The maximum atomic E-state index is 9.10. The van der Waals surface area contributed by atoms with Crippen molar-refractivity contribution in [3.05, 3.63) is 18.2 Å². The summed E-state index contributed by atoms with van der Waals surface area (Å²) >= 11 is 0. The summed E-state index contributed by atoms with van der Waals surface area (Å²) in [4.78, 5) is 7.05. The maximum Gasteiger partial charge on any atom is 0.0922 e. The molecule has 0 unspecified atom stereocenters. The second-order valence-electron chi connectivity index (χ2n) is 4.36. The SMILES string of the molecule is CCC(CC)(CCO)CNCc1cnc[nH]1. The van der Waals surface area contributed by atoms with Gasteiger partial charge >= 0.3 is 0 Å². The fraction of sp³-hybridized carbons (Fsp3) is 0.750. The molecule has 3 N–H and O–H groups in total. The fourth-order valence-electron chi connectivity index (χ4n) is 2.02. The first-order valence-electron chi connectivity index (χ1n) is 6.05. The molecule has 0 spiro atoms. The molecule has 1 aromatic rings. The summed E-state index contributed by atoms with van der Waals surface area (Å²) in [5.41, 5.74) is 1.33. The van der Waals surface area contributed by atoms with Gasteiger partial charge in [0.25, 0.3) is 0 Å². The number of aromatic nitrogens is 2. The summed E-state index contributed by atoms with van der Waals surface area (Å²) in [7, 11) is 0. The van der Waals surface area contributed by atoms with Crippen LogP contribution in [0.4, 0.5) is 0 Å². The normalized spacial score (nSPS) is 11.9. The van der Waals surface area contributed by atoms with Crippen molar-refractivity contribution in [2.75, 3.05) is 13.2 Å². The molecule has 0 amide bonds. The van der Waals surface area contributed by atoms with Crippen molar-refractivity contribution in [2.24, 2.45) is 5.41 Å². The Morgan fingerprint density at radius 1 is 1.44 bits per heavy atom. The number of hydrogen-bond donors (Lipinski definition) is 3. The van der Waals surface area contributed by atoms with Crippen molar-refractivity contribution in [1.29, 1.82) is 0 Å². The number of aliphatic hydroxyl groups is 1. The zero-order valence-electron chi connectivity index (χ0n) is 10.3. The molecule has 92 valence electrons. The van der Waals surface area contributed by atoms with E-state index < -0.39 is 0 Å². The van der Waals surface area contributed by atoms with E-state index in [0.717, 1.165) is 38.0 Å². The molecule has 0 aromatic carbocycles. The van der Waals surface area contributed by atoms with Gasteiger partial charge in [-0.2, -0.15) is 0 Å². The van der Waals surface area contributed by atoms with Crippen LogP contribution < -0.4 is 5.32 Å². The topological polar surface area (TPSA) is 60.9 Å². The third-order valence-electron chi connectivity index (χ3n) is 3.51. The van der Waals surface area contributed by atoms with Gasteiger partial charge in [-0.25, -0.2) is 4.98 Å². The number of nitrogens with zero attached hydrogens (tertiary/aromatic N) is 1. The van der Waals surface area contributed by atoms with E-state index in [4.69, 9.17) is 5.11 Å². The third-order valence-corrected chi connectivity index (χ3v) is 3.51. The molecule has 0 aliphatic heterocycles. The van der Waals surface area contributed by atoms with Gasteiger partial charge in [0.1, 0.15) is 0 Å². The monoisotopic (exact) mass is 225 g/mol. The minimum Gasteiger partial charge on any atom is -0.396 e. The highest BCUT2D eigenvalue weighted by Gasteiger charge is 2.24. The molecule has 0 atom stereocenters. The molecule has 1 rings (SSSR count). The number of rotatable bonds is 8. The minimum absolute atomic E-state index is 0.231. The van der Waals surface area contributed by atoms with Crippen LogP contribution in [0.15, 0.2) is 12.5 Å². The third kappa shape index (κ3) is 3.61. The molecule has 0 aliphatic carbocycles. The van der Waals surface area contributed by atoms with Crippen LogP contribution in [0.3, 0.4) is 0 Å². The average Bonchev–Trinajstić information content (AvgIpc) is 2.81. The van der Waals surface area contributed by atoms with Crippen LogP contribution in [0, 0.1) is 5.41 Å². The molecule has 0 bridgehead atoms. The van der Waals surface area contributed by atoms with Crippen molar-refractivity contribution in [3.8, 4) is 0 Å². The van der Waals surface area contributed by atoms with Crippen molar-refractivity contribution in [1.82, 2.24) is 15.3 Å². The molecule has 0 fully saturated rings. The van der Waals surface area contributed by atoms with Crippen LogP contribution in [0.5, 0.6) is 0 Å². The molecule has 0 aliphatic rings. The smallest absolute Gasteiger partial charge is 0.0922 e.